The molecule has 2 heterocycles. The van der Waals surface area contributed by atoms with Crippen molar-refractivity contribution in [1.29, 1.82) is 0 Å². The van der Waals surface area contributed by atoms with Crippen molar-refractivity contribution >= 4 is 15.9 Å². The number of aromatic nitrogens is 4. The highest BCUT2D eigenvalue weighted by Crippen LogP contribution is 2.30. The largest absolute Gasteiger partial charge is 0.264 e. The Morgan fingerprint density at radius 1 is 0.405 bits per heavy atom. The molecule has 4 aromatic carbocycles. The number of benzene rings is 4. The molecule has 0 amide bonds. The van der Waals surface area contributed by atoms with Crippen LogP contribution in [0.5, 0.6) is 0 Å². The minimum Gasteiger partial charge on any atom is -0.264 e. The summed E-state index contributed by atoms with van der Waals surface area (Å²) in [6, 6.07) is 38.8. The number of rotatable bonds is 5. The van der Waals surface area contributed by atoms with E-state index in [-0.39, 0.29) is 0 Å². The van der Waals surface area contributed by atoms with Gasteiger partial charge in [0.25, 0.3) is 0 Å². The number of halogens is 1. The normalized spacial score (nSPS) is 10.8. The molecule has 0 spiro atoms. The van der Waals surface area contributed by atoms with Crippen LogP contribution in [0, 0.1) is 0 Å². The molecule has 0 bridgehead atoms. The lowest BCUT2D eigenvalue weighted by Gasteiger charge is -2.10. The molecule has 0 unspecified atom stereocenters. The van der Waals surface area contributed by atoms with Gasteiger partial charge in [0.05, 0.1) is 0 Å². The van der Waals surface area contributed by atoms with Gasteiger partial charge in [0.2, 0.25) is 0 Å². The van der Waals surface area contributed by atoms with E-state index < -0.39 is 0 Å². The first-order valence-corrected chi connectivity index (χ1v) is 12.7. The van der Waals surface area contributed by atoms with Crippen LogP contribution in [0.3, 0.4) is 0 Å². The third-order valence-electron chi connectivity index (χ3n) is 6.08. The smallest absolute Gasteiger partial charge is 0.164 e. The topological polar surface area (TPSA) is 51.6 Å². The summed E-state index contributed by atoms with van der Waals surface area (Å²) in [4.78, 5) is 18.9. The van der Waals surface area contributed by atoms with Crippen molar-refractivity contribution in [3.63, 3.8) is 0 Å². The van der Waals surface area contributed by atoms with E-state index in [4.69, 9.17) is 15.0 Å². The summed E-state index contributed by atoms with van der Waals surface area (Å²) < 4.78 is 1.04. The fourth-order valence-corrected chi connectivity index (χ4v) is 4.60. The Kier molecular flexibility index (Phi) is 6.36. The van der Waals surface area contributed by atoms with Crippen LogP contribution in [0.1, 0.15) is 0 Å². The third kappa shape index (κ3) is 5.08. The number of pyridine rings is 1. The second-order valence-corrected chi connectivity index (χ2v) is 9.50. The quantitative estimate of drug-likeness (QED) is 0.220. The Bertz CT molecular complexity index is 1670. The van der Waals surface area contributed by atoms with E-state index in [1.807, 2.05) is 79.0 Å². The van der Waals surface area contributed by atoms with Crippen molar-refractivity contribution in [2.75, 3.05) is 0 Å². The molecule has 6 rings (SSSR count). The molecule has 0 saturated heterocycles. The van der Waals surface area contributed by atoms with Gasteiger partial charge in [-0.3, -0.25) is 4.98 Å². The maximum atomic E-state index is 4.91. The molecule has 0 fully saturated rings. The zero-order chi connectivity index (χ0) is 25.0. The van der Waals surface area contributed by atoms with Crippen molar-refractivity contribution in [3.05, 3.63) is 132 Å². The summed E-state index contributed by atoms with van der Waals surface area (Å²) in [7, 11) is 0. The molecule has 6 aromatic rings. The Balaban J connectivity index is 1.45. The summed E-state index contributed by atoms with van der Waals surface area (Å²) in [5.74, 6) is 1.91. The molecule has 4 nitrogen and oxygen atoms in total. The fourth-order valence-electron chi connectivity index (χ4n) is 4.20. The van der Waals surface area contributed by atoms with Crippen LogP contribution in [0.25, 0.3) is 56.4 Å². The highest BCUT2D eigenvalue weighted by atomic mass is 79.9. The zero-order valence-corrected chi connectivity index (χ0v) is 21.4. The van der Waals surface area contributed by atoms with Crippen LogP contribution in [-0.4, -0.2) is 19.9 Å². The van der Waals surface area contributed by atoms with Crippen molar-refractivity contribution in [1.82, 2.24) is 19.9 Å². The van der Waals surface area contributed by atoms with Gasteiger partial charge in [-0.2, -0.15) is 0 Å². The molecule has 5 heteroatoms. The standard InChI is InChI=1S/C32H21BrN4/c33-29-13-5-10-26(20-29)25-9-4-11-27(19-25)32-36-30(23-7-2-1-3-8-23)35-31(37-32)24-16-14-22(15-17-24)28-12-6-18-34-21-28/h1-21H. The second kappa shape index (κ2) is 10.2. The van der Waals surface area contributed by atoms with Gasteiger partial charge in [-0.15, -0.1) is 0 Å². The highest BCUT2D eigenvalue weighted by molar-refractivity contribution is 9.10. The van der Waals surface area contributed by atoms with Gasteiger partial charge in [0, 0.05) is 33.6 Å². The lowest BCUT2D eigenvalue weighted by atomic mass is 10.0. The van der Waals surface area contributed by atoms with E-state index in [9.17, 15) is 0 Å². The molecule has 0 atom stereocenters. The average Bonchev–Trinajstić information content (AvgIpc) is 2.98. The SMILES string of the molecule is Brc1cccc(-c2cccc(-c3nc(-c4ccccc4)nc(-c4ccc(-c5cccnc5)cc4)n3)c2)c1. The third-order valence-corrected chi connectivity index (χ3v) is 6.58. The number of hydrogen-bond donors (Lipinski definition) is 0. The monoisotopic (exact) mass is 540 g/mol. The Morgan fingerprint density at radius 3 is 1.62 bits per heavy atom. The predicted molar refractivity (Wildman–Crippen MR) is 153 cm³/mol. The summed E-state index contributed by atoms with van der Waals surface area (Å²) in [6.07, 6.45) is 3.64. The van der Waals surface area contributed by atoms with E-state index in [1.54, 1.807) is 6.20 Å². The first-order chi connectivity index (χ1) is 18.2. The maximum Gasteiger partial charge on any atom is 0.164 e. The van der Waals surface area contributed by atoms with Crippen molar-refractivity contribution in [3.8, 4) is 56.4 Å². The van der Waals surface area contributed by atoms with Gasteiger partial charge >= 0.3 is 0 Å². The van der Waals surface area contributed by atoms with Crippen LogP contribution in [0.15, 0.2) is 132 Å². The van der Waals surface area contributed by atoms with Gasteiger partial charge in [-0.25, -0.2) is 15.0 Å². The molecule has 0 saturated carbocycles. The zero-order valence-electron chi connectivity index (χ0n) is 19.8. The molecule has 0 aliphatic carbocycles. The average molecular weight is 541 g/mol. The molecular formula is C32H21BrN4. The van der Waals surface area contributed by atoms with E-state index >= 15 is 0 Å². The van der Waals surface area contributed by atoms with Gasteiger partial charge in [0.1, 0.15) is 0 Å². The van der Waals surface area contributed by atoms with Crippen LogP contribution in [0.4, 0.5) is 0 Å². The van der Waals surface area contributed by atoms with Crippen molar-refractivity contribution in [2.24, 2.45) is 0 Å². The van der Waals surface area contributed by atoms with E-state index in [0.29, 0.717) is 17.5 Å². The number of nitrogens with zero attached hydrogens (tertiary/aromatic N) is 4. The van der Waals surface area contributed by atoms with Crippen LogP contribution in [-0.2, 0) is 0 Å². The Labute approximate surface area is 223 Å². The summed E-state index contributed by atoms with van der Waals surface area (Å²) in [6.45, 7) is 0. The van der Waals surface area contributed by atoms with Crippen LogP contribution < -0.4 is 0 Å². The van der Waals surface area contributed by atoms with Gasteiger partial charge in [-0.05, 0) is 46.5 Å². The predicted octanol–water partition coefficient (Wildman–Crippen LogP) is 8.36. The molecule has 2 aromatic heterocycles. The molecule has 37 heavy (non-hydrogen) atoms. The molecule has 176 valence electrons. The Morgan fingerprint density at radius 2 is 0.946 bits per heavy atom. The maximum absolute atomic E-state index is 4.91. The molecule has 0 N–H and O–H groups in total. The van der Waals surface area contributed by atoms with E-state index in [2.05, 4.69) is 63.4 Å². The first kappa shape index (κ1) is 23.0. The van der Waals surface area contributed by atoms with Crippen molar-refractivity contribution < 1.29 is 0 Å². The molecular weight excluding hydrogens is 520 g/mol. The minimum absolute atomic E-state index is 0.634. The molecule has 0 aliphatic rings. The summed E-state index contributed by atoms with van der Waals surface area (Å²) >= 11 is 3.58. The summed E-state index contributed by atoms with van der Waals surface area (Å²) in [5, 5.41) is 0. The molecule has 0 aliphatic heterocycles. The van der Waals surface area contributed by atoms with Crippen molar-refractivity contribution in [2.45, 2.75) is 0 Å². The van der Waals surface area contributed by atoms with Gasteiger partial charge < -0.3 is 0 Å². The van der Waals surface area contributed by atoms with E-state index in [1.165, 1.54) is 0 Å². The lowest BCUT2D eigenvalue weighted by molar-refractivity contribution is 1.07. The van der Waals surface area contributed by atoms with E-state index in [0.717, 1.165) is 43.4 Å². The van der Waals surface area contributed by atoms with Crippen LogP contribution >= 0.6 is 15.9 Å². The molecule has 0 radical (unpaired) electrons. The Hall–Kier alpha value is -4.48. The summed E-state index contributed by atoms with van der Waals surface area (Å²) in [5.41, 5.74) is 7.20. The fraction of sp³-hybridized carbons (Fsp3) is 0. The van der Waals surface area contributed by atoms with Crippen LogP contribution in [0.2, 0.25) is 0 Å². The van der Waals surface area contributed by atoms with Gasteiger partial charge in [-0.1, -0.05) is 107 Å². The highest BCUT2D eigenvalue weighted by Gasteiger charge is 2.13. The van der Waals surface area contributed by atoms with Gasteiger partial charge in [0.15, 0.2) is 17.5 Å². The number of hydrogen-bond acceptors (Lipinski definition) is 4. The second-order valence-electron chi connectivity index (χ2n) is 8.58. The minimum atomic E-state index is 0.634. The first-order valence-electron chi connectivity index (χ1n) is 11.9. The lowest BCUT2D eigenvalue weighted by Crippen LogP contribution is -2.00.